The van der Waals surface area contributed by atoms with Gasteiger partial charge in [-0.05, 0) is 12.8 Å². The molecule has 0 N–H and O–H groups in total. The molecule has 0 aromatic carbocycles. The topological polar surface area (TPSA) is 90.6 Å². The lowest BCUT2D eigenvalue weighted by atomic mass is 10.1. The number of ether oxygens (including phenoxy) is 2. The second-order valence-electron chi connectivity index (χ2n) is 4.91. The fourth-order valence-corrected chi connectivity index (χ4v) is 2.36. The molecule has 1 amide bonds. The third-order valence-electron chi connectivity index (χ3n) is 3.40. The first-order valence-electron chi connectivity index (χ1n) is 6.99. The number of methoxy groups -OCH3 is 1. The van der Waals surface area contributed by atoms with Crippen molar-refractivity contribution in [3.8, 4) is 11.8 Å². The molecule has 0 saturated carbocycles. The summed E-state index contributed by atoms with van der Waals surface area (Å²) >= 11 is 0. The summed E-state index contributed by atoms with van der Waals surface area (Å²) in [6.45, 7) is 1.14. The standard InChI is InChI=1S/C14H16N4O4/c1-20-12-7-15-8-13(17-12)21-10-3-2-6-18(9-10)14(19)11-4-5-16-22-11/h4-5,7-8,10H,2-3,6,9H2,1H3. The molecule has 1 aliphatic heterocycles. The lowest BCUT2D eigenvalue weighted by Gasteiger charge is -2.31. The van der Waals surface area contributed by atoms with Gasteiger partial charge in [0.1, 0.15) is 6.10 Å². The van der Waals surface area contributed by atoms with E-state index in [0.29, 0.717) is 24.8 Å². The molecule has 8 heteroatoms. The van der Waals surface area contributed by atoms with Crippen LogP contribution in [-0.4, -0.2) is 52.2 Å². The Hall–Kier alpha value is -2.64. The maximum absolute atomic E-state index is 12.2. The van der Waals surface area contributed by atoms with Crippen LogP contribution in [0.2, 0.25) is 0 Å². The molecule has 116 valence electrons. The zero-order valence-electron chi connectivity index (χ0n) is 12.1. The lowest BCUT2D eigenvalue weighted by Crippen LogP contribution is -2.44. The molecule has 0 radical (unpaired) electrons. The third kappa shape index (κ3) is 3.16. The number of amides is 1. The molecule has 3 heterocycles. The lowest BCUT2D eigenvalue weighted by molar-refractivity contribution is 0.0490. The summed E-state index contributed by atoms with van der Waals surface area (Å²) in [7, 11) is 1.52. The Bertz CT molecular complexity index is 632. The van der Waals surface area contributed by atoms with Crippen LogP contribution in [0.1, 0.15) is 23.4 Å². The molecule has 1 atom stereocenters. The second-order valence-corrected chi connectivity index (χ2v) is 4.91. The Morgan fingerprint density at radius 1 is 1.41 bits per heavy atom. The van der Waals surface area contributed by atoms with E-state index in [9.17, 15) is 4.79 Å². The minimum Gasteiger partial charge on any atom is -0.480 e. The van der Waals surface area contributed by atoms with Crippen molar-refractivity contribution < 1.29 is 18.8 Å². The quantitative estimate of drug-likeness (QED) is 0.837. The Morgan fingerprint density at radius 2 is 2.27 bits per heavy atom. The van der Waals surface area contributed by atoms with E-state index in [1.165, 1.54) is 25.7 Å². The minimum absolute atomic E-state index is 0.137. The number of carbonyl (C=O) groups is 1. The molecule has 0 bridgehead atoms. The third-order valence-corrected chi connectivity index (χ3v) is 3.40. The van der Waals surface area contributed by atoms with E-state index in [1.54, 1.807) is 11.0 Å². The van der Waals surface area contributed by atoms with E-state index in [2.05, 4.69) is 15.1 Å². The summed E-state index contributed by atoms with van der Waals surface area (Å²) in [5, 5.41) is 3.56. The van der Waals surface area contributed by atoms with Crippen molar-refractivity contribution >= 4 is 5.91 Å². The minimum atomic E-state index is -0.178. The van der Waals surface area contributed by atoms with Crippen LogP contribution in [0.25, 0.3) is 0 Å². The molecule has 3 rings (SSSR count). The van der Waals surface area contributed by atoms with Crippen molar-refractivity contribution in [2.75, 3.05) is 20.2 Å². The Balaban J connectivity index is 1.64. The summed E-state index contributed by atoms with van der Waals surface area (Å²) in [5.74, 6) is 0.838. The predicted octanol–water partition coefficient (Wildman–Crippen LogP) is 1.16. The fraction of sp³-hybridized carbons (Fsp3) is 0.429. The van der Waals surface area contributed by atoms with Crippen molar-refractivity contribution in [3.63, 3.8) is 0 Å². The van der Waals surface area contributed by atoms with Crippen molar-refractivity contribution in [2.24, 2.45) is 0 Å². The number of nitrogens with zero attached hydrogens (tertiary/aromatic N) is 4. The van der Waals surface area contributed by atoms with Crippen molar-refractivity contribution in [2.45, 2.75) is 18.9 Å². The van der Waals surface area contributed by atoms with Crippen LogP contribution >= 0.6 is 0 Å². The van der Waals surface area contributed by atoms with Crippen LogP contribution in [0.3, 0.4) is 0 Å². The molecule has 2 aromatic heterocycles. The van der Waals surface area contributed by atoms with Crippen molar-refractivity contribution in [1.82, 2.24) is 20.0 Å². The summed E-state index contributed by atoms with van der Waals surface area (Å²) in [5.41, 5.74) is 0. The average molecular weight is 304 g/mol. The van der Waals surface area contributed by atoms with Crippen LogP contribution < -0.4 is 9.47 Å². The van der Waals surface area contributed by atoms with Crippen LogP contribution in [0.5, 0.6) is 11.8 Å². The van der Waals surface area contributed by atoms with Gasteiger partial charge in [0.2, 0.25) is 17.5 Å². The highest BCUT2D eigenvalue weighted by Crippen LogP contribution is 2.19. The van der Waals surface area contributed by atoms with Gasteiger partial charge in [-0.2, -0.15) is 4.98 Å². The van der Waals surface area contributed by atoms with Gasteiger partial charge in [0.15, 0.2) is 0 Å². The monoisotopic (exact) mass is 304 g/mol. The highest BCUT2D eigenvalue weighted by molar-refractivity contribution is 5.91. The molecule has 1 fully saturated rings. The Morgan fingerprint density at radius 3 is 3.05 bits per heavy atom. The number of aromatic nitrogens is 3. The fourth-order valence-electron chi connectivity index (χ4n) is 2.36. The molecule has 1 aliphatic rings. The molecular weight excluding hydrogens is 288 g/mol. The number of piperidine rings is 1. The average Bonchev–Trinajstić information content (AvgIpc) is 3.09. The summed E-state index contributed by atoms with van der Waals surface area (Å²) < 4.78 is 15.7. The van der Waals surface area contributed by atoms with Gasteiger partial charge in [-0.25, -0.2) is 0 Å². The first-order valence-corrected chi connectivity index (χ1v) is 6.99. The maximum Gasteiger partial charge on any atom is 0.292 e. The van der Waals surface area contributed by atoms with Crippen molar-refractivity contribution in [3.05, 3.63) is 30.4 Å². The normalized spacial score (nSPS) is 18.0. The summed E-state index contributed by atoms with van der Waals surface area (Å²) in [4.78, 5) is 22.1. The summed E-state index contributed by atoms with van der Waals surface area (Å²) in [6, 6.07) is 1.56. The highest BCUT2D eigenvalue weighted by atomic mass is 16.5. The van der Waals surface area contributed by atoms with Gasteiger partial charge in [0.05, 0.1) is 32.2 Å². The van der Waals surface area contributed by atoms with E-state index >= 15 is 0 Å². The number of hydrogen-bond acceptors (Lipinski definition) is 7. The zero-order valence-corrected chi connectivity index (χ0v) is 12.1. The second kappa shape index (κ2) is 6.42. The van der Waals surface area contributed by atoms with E-state index in [0.717, 1.165) is 12.8 Å². The Labute approximate surface area is 127 Å². The number of carbonyl (C=O) groups excluding carboxylic acids is 1. The molecular formula is C14H16N4O4. The maximum atomic E-state index is 12.2. The van der Waals surface area contributed by atoms with Gasteiger partial charge in [-0.1, -0.05) is 5.16 Å². The van der Waals surface area contributed by atoms with Gasteiger partial charge in [-0.15, -0.1) is 0 Å². The molecule has 1 unspecified atom stereocenters. The van der Waals surface area contributed by atoms with Gasteiger partial charge < -0.3 is 18.9 Å². The van der Waals surface area contributed by atoms with E-state index in [-0.39, 0.29) is 17.8 Å². The molecule has 0 aliphatic carbocycles. The SMILES string of the molecule is COc1cncc(OC2CCCN(C(=O)c3ccno3)C2)n1. The van der Waals surface area contributed by atoms with E-state index in [1.807, 2.05) is 0 Å². The van der Waals surface area contributed by atoms with Gasteiger partial charge in [0, 0.05) is 12.6 Å². The summed E-state index contributed by atoms with van der Waals surface area (Å²) in [6.07, 6.45) is 6.05. The van der Waals surface area contributed by atoms with E-state index in [4.69, 9.17) is 14.0 Å². The van der Waals surface area contributed by atoms with Crippen LogP contribution in [0, 0.1) is 0 Å². The van der Waals surface area contributed by atoms with Gasteiger partial charge in [0.25, 0.3) is 5.91 Å². The van der Waals surface area contributed by atoms with Crippen molar-refractivity contribution in [1.29, 1.82) is 0 Å². The van der Waals surface area contributed by atoms with Crippen LogP contribution in [0.4, 0.5) is 0 Å². The van der Waals surface area contributed by atoms with Crippen LogP contribution in [0.15, 0.2) is 29.2 Å². The molecule has 22 heavy (non-hydrogen) atoms. The molecule has 0 spiro atoms. The highest BCUT2D eigenvalue weighted by Gasteiger charge is 2.27. The largest absolute Gasteiger partial charge is 0.480 e. The number of likely N-dealkylation sites (tertiary alicyclic amines) is 1. The Kier molecular flexibility index (Phi) is 4.17. The van der Waals surface area contributed by atoms with E-state index < -0.39 is 0 Å². The smallest absolute Gasteiger partial charge is 0.292 e. The number of hydrogen-bond donors (Lipinski definition) is 0. The van der Waals surface area contributed by atoms with Crippen LogP contribution in [-0.2, 0) is 0 Å². The molecule has 2 aromatic rings. The molecule has 8 nitrogen and oxygen atoms in total. The first-order chi connectivity index (χ1) is 10.8. The van der Waals surface area contributed by atoms with Gasteiger partial charge >= 0.3 is 0 Å². The first kappa shape index (κ1) is 14.3. The predicted molar refractivity (Wildman–Crippen MR) is 74.6 cm³/mol. The molecule has 1 saturated heterocycles. The van der Waals surface area contributed by atoms with Gasteiger partial charge in [-0.3, -0.25) is 9.78 Å². The number of rotatable bonds is 4. The zero-order chi connectivity index (χ0) is 15.4.